The molecule has 3 aliphatic heterocycles. The van der Waals surface area contributed by atoms with Crippen molar-refractivity contribution in [1.82, 2.24) is 15.0 Å². The summed E-state index contributed by atoms with van der Waals surface area (Å²) >= 11 is 0. The van der Waals surface area contributed by atoms with Crippen molar-refractivity contribution in [2.45, 2.75) is 62.9 Å². The second kappa shape index (κ2) is 12.8. The number of aryl methyl sites for hydroxylation is 1. The zero-order valence-electron chi connectivity index (χ0n) is 30.3. The van der Waals surface area contributed by atoms with Crippen molar-refractivity contribution in [3.8, 4) is 0 Å². The van der Waals surface area contributed by atoms with Crippen LogP contribution in [0.25, 0.3) is 10.8 Å². The van der Waals surface area contributed by atoms with Gasteiger partial charge in [0.1, 0.15) is 11.8 Å². The summed E-state index contributed by atoms with van der Waals surface area (Å²) in [6.07, 6.45) is 0.674. The van der Waals surface area contributed by atoms with Crippen LogP contribution in [0, 0.1) is 5.92 Å². The van der Waals surface area contributed by atoms with Crippen molar-refractivity contribution in [3.63, 3.8) is 0 Å². The highest BCUT2D eigenvalue weighted by molar-refractivity contribution is 6.72. The molecular weight excluding hydrogens is 698 g/mol. The SMILES string of the molecule is C[C@H]1[C@H]([Si](C)(C)F)[C@@H](CCn2cc([C@H](O)c3ccccc3)nn2)O[C@]12C(=O)N(Cc1ccc(N3C(=O)c4cccc5cccc3c45)cc1)c1ccccc12. The molecule has 4 heterocycles. The third-order valence-electron chi connectivity index (χ3n) is 11.6. The number of aliphatic hydroxyl groups is 1. The second-order valence-electron chi connectivity index (χ2n) is 15.2. The number of halogens is 1. The molecule has 1 fully saturated rings. The minimum absolute atomic E-state index is 0.0648. The number of carbonyl (C=O) groups is 2. The lowest BCUT2D eigenvalue weighted by atomic mass is 9.82. The fourth-order valence-corrected chi connectivity index (χ4v) is 11.7. The molecule has 5 atom stereocenters. The minimum Gasteiger partial charge on any atom is -0.382 e. The number of anilines is 3. The van der Waals surface area contributed by atoms with Crippen LogP contribution in [0.15, 0.2) is 121 Å². The number of fused-ring (bicyclic) bond motifs is 2. The number of hydrogen-bond acceptors (Lipinski definition) is 6. The van der Waals surface area contributed by atoms with Gasteiger partial charge in [0.2, 0.25) is 8.41 Å². The number of hydrogen-bond donors (Lipinski definition) is 1. The van der Waals surface area contributed by atoms with Gasteiger partial charge in [-0.2, -0.15) is 0 Å². The Morgan fingerprint density at radius 1 is 0.889 bits per heavy atom. The Labute approximate surface area is 313 Å². The lowest BCUT2D eigenvalue weighted by Crippen LogP contribution is -2.45. The lowest BCUT2D eigenvalue weighted by molar-refractivity contribution is -0.146. The first-order chi connectivity index (χ1) is 26.1. The van der Waals surface area contributed by atoms with Gasteiger partial charge in [0.15, 0.2) is 5.60 Å². The van der Waals surface area contributed by atoms with Gasteiger partial charge in [0, 0.05) is 34.6 Å². The van der Waals surface area contributed by atoms with Crippen LogP contribution in [0.5, 0.6) is 0 Å². The van der Waals surface area contributed by atoms with Gasteiger partial charge in [-0.25, -0.2) is 0 Å². The first-order valence-corrected chi connectivity index (χ1v) is 21.4. The number of aromatic nitrogens is 3. The summed E-state index contributed by atoms with van der Waals surface area (Å²) < 4.78 is 25.0. The van der Waals surface area contributed by atoms with Gasteiger partial charge in [-0.05, 0) is 66.4 Å². The minimum atomic E-state index is -3.36. The molecule has 1 aromatic heterocycles. The Morgan fingerprint density at radius 2 is 1.59 bits per heavy atom. The molecule has 9 rings (SSSR count). The van der Waals surface area contributed by atoms with Gasteiger partial charge >= 0.3 is 0 Å². The van der Waals surface area contributed by atoms with Crippen LogP contribution in [-0.2, 0) is 28.2 Å². The standard InChI is InChI=1S/C43H40FN5O4Si/c1-27-40(54(2,3)44)37(23-24-47-26-34(45-46-47)39(50)30-11-5-4-6-12-30)53-43(27)33-16-7-8-17-35(33)48(42(43)52)25-28-19-21-31(22-20-28)49-36-18-10-14-29-13-9-15-32(38(29)36)41(49)51/h4-22,26-27,37,39-40,50H,23-25H2,1-3H3/t27-,37+,39+,40-,43+/m0/s1. The second-order valence-corrected chi connectivity index (χ2v) is 19.0. The summed E-state index contributed by atoms with van der Waals surface area (Å²) in [4.78, 5) is 31.9. The fraction of sp³-hybridized carbons (Fsp3) is 0.256. The van der Waals surface area contributed by atoms with Gasteiger partial charge in [-0.1, -0.05) is 97.1 Å². The number of amides is 2. The van der Waals surface area contributed by atoms with Crippen LogP contribution in [0.3, 0.4) is 0 Å². The summed E-state index contributed by atoms with van der Waals surface area (Å²) in [5, 5.41) is 21.3. The van der Waals surface area contributed by atoms with Gasteiger partial charge in [-0.15, -0.1) is 5.10 Å². The van der Waals surface area contributed by atoms with E-state index >= 15 is 4.11 Å². The number of carbonyl (C=O) groups excluding carboxylic acids is 2. The molecule has 0 aliphatic carbocycles. The molecule has 2 amide bonds. The molecule has 11 heteroatoms. The number of nitrogens with zero attached hydrogens (tertiary/aromatic N) is 5. The summed E-state index contributed by atoms with van der Waals surface area (Å²) in [6, 6.07) is 36.4. The van der Waals surface area contributed by atoms with E-state index in [9.17, 15) is 14.7 Å². The third kappa shape index (κ3) is 5.32. The molecule has 0 radical (unpaired) electrons. The van der Waals surface area contributed by atoms with E-state index in [1.165, 1.54) is 0 Å². The van der Waals surface area contributed by atoms with Gasteiger partial charge in [0.05, 0.1) is 35.8 Å². The molecule has 9 nitrogen and oxygen atoms in total. The fourth-order valence-electron chi connectivity index (χ4n) is 9.15. The first-order valence-electron chi connectivity index (χ1n) is 18.4. The third-order valence-corrected chi connectivity index (χ3v) is 14.0. The number of ether oxygens (including phenoxy) is 1. The van der Waals surface area contributed by atoms with Crippen LogP contribution in [0.1, 0.15) is 52.2 Å². The van der Waals surface area contributed by atoms with Crippen LogP contribution < -0.4 is 9.80 Å². The maximum atomic E-state index is 16.4. The highest BCUT2D eigenvalue weighted by Crippen LogP contribution is 2.60. The number of rotatable bonds is 9. The Morgan fingerprint density at radius 3 is 2.35 bits per heavy atom. The maximum Gasteiger partial charge on any atom is 0.264 e. The Balaban J connectivity index is 0.970. The van der Waals surface area contributed by atoms with E-state index in [2.05, 4.69) is 10.3 Å². The molecule has 6 aromatic rings. The van der Waals surface area contributed by atoms with Gasteiger partial charge in [-0.3, -0.25) is 19.2 Å². The number of benzene rings is 5. The largest absolute Gasteiger partial charge is 0.382 e. The molecule has 0 bridgehead atoms. The van der Waals surface area contributed by atoms with E-state index in [1.807, 2.05) is 122 Å². The number of para-hydroxylation sites is 1. The van der Waals surface area contributed by atoms with Crippen LogP contribution >= 0.6 is 0 Å². The molecule has 272 valence electrons. The summed E-state index contributed by atoms with van der Waals surface area (Å²) in [7, 11) is -3.36. The van der Waals surface area contributed by atoms with Crippen molar-refractivity contribution < 1.29 is 23.5 Å². The van der Waals surface area contributed by atoms with Crippen LogP contribution in [0.2, 0.25) is 18.6 Å². The van der Waals surface area contributed by atoms with E-state index in [0.717, 1.165) is 39.0 Å². The average Bonchev–Trinajstić information content (AvgIpc) is 3.91. The van der Waals surface area contributed by atoms with Crippen molar-refractivity contribution in [3.05, 3.63) is 149 Å². The molecular formula is C43H40FN5O4Si. The summed E-state index contributed by atoms with van der Waals surface area (Å²) in [5.41, 5.74) is 4.03. The lowest BCUT2D eigenvalue weighted by Gasteiger charge is -2.31. The highest BCUT2D eigenvalue weighted by Gasteiger charge is 2.66. The monoisotopic (exact) mass is 737 g/mol. The van der Waals surface area contributed by atoms with E-state index < -0.39 is 37.7 Å². The molecule has 54 heavy (non-hydrogen) atoms. The maximum absolute atomic E-state index is 16.4. The molecule has 0 saturated carbocycles. The van der Waals surface area contributed by atoms with E-state index in [-0.39, 0.29) is 18.4 Å². The molecule has 5 aromatic carbocycles. The molecule has 1 spiro atoms. The highest BCUT2D eigenvalue weighted by atomic mass is 28.4. The van der Waals surface area contributed by atoms with Crippen LogP contribution in [0.4, 0.5) is 21.2 Å². The molecule has 1 N–H and O–H groups in total. The summed E-state index contributed by atoms with van der Waals surface area (Å²) in [5.74, 6) is -0.686. The first kappa shape index (κ1) is 34.3. The topological polar surface area (TPSA) is 101 Å². The Bertz CT molecular complexity index is 2410. The zero-order chi connectivity index (χ0) is 37.4. The Hall–Kier alpha value is -5.49. The molecule has 0 unspecified atom stereocenters. The van der Waals surface area contributed by atoms with Gasteiger partial charge in [0.25, 0.3) is 11.8 Å². The predicted molar refractivity (Wildman–Crippen MR) is 208 cm³/mol. The van der Waals surface area contributed by atoms with Crippen molar-refractivity contribution in [2.24, 2.45) is 5.92 Å². The normalized spacial score (nSPS) is 22.5. The van der Waals surface area contributed by atoms with Gasteiger partial charge < -0.3 is 18.9 Å². The van der Waals surface area contributed by atoms with E-state index in [4.69, 9.17) is 4.74 Å². The Kier molecular flexibility index (Phi) is 8.14. The zero-order valence-corrected chi connectivity index (χ0v) is 31.3. The quantitative estimate of drug-likeness (QED) is 0.119. The van der Waals surface area contributed by atoms with Crippen LogP contribution in [-0.4, -0.2) is 46.4 Å². The molecule has 3 aliphatic rings. The average molecular weight is 738 g/mol. The number of aliphatic hydroxyl groups excluding tert-OH is 1. The smallest absolute Gasteiger partial charge is 0.264 e. The molecule has 1 saturated heterocycles. The van der Waals surface area contributed by atoms with Crippen molar-refractivity contribution >= 4 is 48.1 Å². The van der Waals surface area contributed by atoms with Crippen molar-refractivity contribution in [2.75, 3.05) is 9.80 Å². The summed E-state index contributed by atoms with van der Waals surface area (Å²) in [6.45, 7) is 6.02. The predicted octanol–water partition coefficient (Wildman–Crippen LogP) is 8.22. The van der Waals surface area contributed by atoms with E-state index in [0.29, 0.717) is 29.8 Å². The van der Waals surface area contributed by atoms with E-state index in [1.54, 1.807) is 33.8 Å². The van der Waals surface area contributed by atoms with Crippen molar-refractivity contribution in [1.29, 1.82) is 0 Å².